The van der Waals surface area contributed by atoms with Crippen molar-refractivity contribution in [1.82, 2.24) is 4.98 Å². The maximum Gasteiger partial charge on any atom is 0.280 e. The number of ether oxygens (including phenoxy) is 1. The van der Waals surface area contributed by atoms with Crippen molar-refractivity contribution in [3.8, 4) is 5.75 Å². The standard InChI is InChI=1S/C20H24N2O3/c1-20(2,3)14-8-5-9-16-17(14)24-11-10-22(16)19(23)15-12-25-18(21-15)13-6-4-7-13/h5,8-9,12-13H,4,6-7,10-11H2,1-3H3. The number of carbonyl (C=O) groups is 1. The second kappa shape index (κ2) is 5.90. The van der Waals surface area contributed by atoms with E-state index in [1.807, 2.05) is 12.1 Å². The van der Waals surface area contributed by atoms with Gasteiger partial charge in [0.15, 0.2) is 11.6 Å². The first-order valence-corrected chi connectivity index (χ1v) is 8.99. The van der Waals surface area contributed by atoms with Crippen molar-refractivity contribution in [2.75, 3.05) is 18.1 Å². The molecule has 0 N–H and O–H groups in total. The van der Waals surface area contributed by atoms with Crippen LogP contribution in [0.1, 0.15) is 67.9 Å². The predicted molar refractivity (Wildman–Crippen MR) is 95.4 cm³/mol. The minimum Gasteiger partial charge on any atom is -0.489 e. The summed E-state index contributed by atoms with van der Waals surface area (Å²) in [6.45, 7) is 7.45. The lowest BCUT2D eigenvalue weighted by atomic mass is 9.85. The summed E-state index contributed by atoms with van der Waals surface area (Å²) in [5.41, 5.74) is 2.26. The molecule has 1 amide bonds. The Balaban J connectivity index is 1.66. The minimum atomic E-state index is -0.120. The third-order valence-corrected chi connectivity index (χ3v) is 5.09. The van der Waals surface area contributed by atoms with E-state index in [1.165, 1.54) is 12.7 Å². The van der Waals surface area contributed by atoms with Crippen LogP contribution in [-0.2, 0) is 5.41 Å². The topological polar surface area (TPSA) is 55.6 Å². The maximum atomic E-state index is 13.0. The number of anilines is 1. The number of benzene rings is 1. The Morgan fingerprint density at radius 1 is 1.28 bits per heavy atom. The van der Waals surface area contributed by atoms with Crippen LogP contribution in [0, 0.1) is 0 Å². The van der Waals surface area contributed by atoms with Crippen molar-refractivity contribution in [2.45, 2.75) is 51.4 Å². The average molecular weight is 340 g/mol. The summed E-state index contributed by atoms with van der Waals surface area (Å²) in [4.78, 5) is 19.2. The molecule has 2 aliphatic rings. The first kappa shape index (κ1) is 16.2. The molecule has 25 heavy (non-hydrogen) atoms. The normalized spacial score (nSPS) is 17.6. The molecule has 0 bridgehead atoms. The molecule has 0 atom stereocenters. The number of para-hydroxylation sites is 1. The van der Waals surface area contributed by atoms with Crippen LogP contribution >= 0.6 is 0 Å². The number of fused-ring (bicyclic) bond motifs is 1. The minimum absolute atomic E-state index is 0.0529. The molecule has 1 aromatic heterocycles. The van der Waals surface area contributed by atoms with Gasteiger partial charge < -0.3 is 9.15 Å². The Bertz CT molecular complexity index is 800. The quantitative estimate of drug-likeness (QED) is 0.819. The van der Waals surface area contributed by atoms with Crippen molar-refractivity contribution in [3.63, 3.8) is 0 Å². The van der Waals surface area contributed by atoms with Gasteiger partial charge in [-0.05, 0) is 24.3 Å². The van der Waals surface area contributed by atoms with E-state index in [0.717, 1.165) is 29.8 Å². The summed E-state index contributed by atoms with van der Waals surface area (Å²) in [6.07, 6.45) is 4.91. The van der Waals surface area contributed by atoms with E-state index >= 15 is 0 Å². The lowest BCUT2D eigenvalue weighted by Crippen LogP contribution is -2.39. The zero-order chi connectivity index (χ0) is 17.6. The Morgan fingerprint density at radius 2 is 2.08 bits per heavy atom. The van der Waals surface area contributed by atoms with Crippen LogP contribution in [0.3, 0.4) is 0 Å². The molecule has 1 saturated carbocycles. The molecule has 0 spiro atoms. The molecule has 1 aliphatic heterocycles. The summed E-state index contributed by atoms with van der Waals surface area (Å²) >= 11 is 0. The molecule has 1 fully saturated rings. The Labute approximate surface area is 148 Å². The van der Waals surface area contributed by atoms with Crippen LogP contribution in [0.15, 0.2) is 28.9 Å². The van der Waals surface area contributed by atoms with Crippen molar-refractivity contribution in [1.29, 1.82) is 0 Å². The van der Waals surface area contributed by atoms with Crippen molar-refractivity contribution >= 4 is 11.6 Å². The summed E-state index contributed by atoms with van der Waals surface area (Å²) in [5, 5.41) is 0. The zero-order valence-electron chi connectivity index (χ0n) is 15.0. The van der Waals surface area contributed by atoms with Gasteiger partial charge in [0.05, 0.1) is 12.2 Å². The van der Waals surface area contributed by atoms with Crippen LogP contribution < -0.4 is 9.64 Å². The number of hydrogen-bond acceptors (Lipinski definition) is 4. The number of aromatic nitrogens is 1. The van der Waals surface area contributed by atoms with Crippen molar-refractivity contribution in [3.05, 3.63) is 41.6 Å². The van der Waals surface area contributed by atoms with Crippen LogP contribution in [0.4, 0.5) is 5.69 Å². The van der Waals surface area contributed by atoms with Crippen LogP contribution in [0.25, 0.3) is 0 Å². The fourth-order valence-corrected chi connectivity index (χ4v) is 3.42. The number of oxazole rings is 1. The molecular formula is C20H24N2O3. The van der Waals surface area contributed by atoms with Gasteiger partial charge in [-0.15, -0.1) is 0 Å². The van der Waals surface area contributed by atoms with Gasteiger partial charge in [-0.3, -0.25) is 9.69 Å². The molecule has 5 heteroatoms. The van der Waals surface area contributed by atoms with Gasteiger partial charge in [-0.1, -0.05) is 39.3 Å². The number of carbonyl (C=O) groups excluding carboxylic acids is 1. The van der Waals surface area contributed by atoms with E-state index in [-0.39, 0.29) is 11.3 Å². The van der Waals surface area contributed by atoms with Gasteiger partial charge in [0.2, 0.25) is 0 Å². The highest BCUT2D eigenvalue weighted by Crippen LogP contribution is 2.41. The molecular weight excluding hydrogens is 316 g/mol. The van der Waals surface area contributed by atoms with E-state index in [0.29, 0.717) is 30.7 Å². The molecule has 5 nitrogen and oxygen atoms in total. The van der Waals surface area contributed by atoms with Gasteiger partial charge in [-0.25, -0.2) is 4.98 Å². The van der Waals surface area contributed by atoms with Gasteiger partial charge >= 0.3 is 0 Å². The molecule has 132 valence electrons. The summed E-state index contributed by atoms with van der Waals surface area (Å²) in [7, 11) is 0. The van der Waals surface area contributed by atoms with Crippen LogP contribution in [0.5, 0.6) is 5.75 Å². The van der Waals surface area contributed by atoms with Crippen molar-refractivity contribution in [2.24, 2.45) is 0 Å². The number of hydrogen-bond donors (Lipinski definition) is 0. The largest absolute Gasteiger partial charge is 0.489 e. The van der Waals surface area contributed by atoms with Gasteiger partial charge in [-0.2, -0.15) is 0 Å². The average Bonchev–Trinajstić information content (AvgIpc) is 3.00. The summed E-state index contributed by atoms with van der Waals surface area (Å²) in [5.74, 6) is 1.76. The van der Waals surface area contributed by atoms with E-state index in [9.17, 15) is 4.79 Å². The van der Waals surface area contributed by atoms with Crippen LogP contribution in [0.2, 0.25) is 0 Å². The Hall–Kier alpha value is -2.30. The zero-order valence-corrected chi connectivity index (χ0v) is 15.0. The third kappa shape index (κ3) is 2.81. The second-order valence-electron chi connectivity index (χ2n) is 7.91. The van der Waals surface area contributed by atoms with E-state index < -0.39 is 0 Å². The molecule has 0 saturated heterocycles. The predicted octanol–water partition coefficient (Wildman–Crippen LogP) is 4.28. The molecule has 1 aliphatic carbocycles. The first-order valence-electron chi connectivity index (χ1n) is 8.99. The lowest BCUT2D eigenvalue weighted by Gasteiger charge is -2.33. The monoisotopic (exact) mass is 340 g/mol. The molecule has 2 aromatic rings. The first-order chi connectivity index (χ1) is 11.9. The third-order valence-electron chi connectivity index (χ3n) is 5.09. The lowest BCUT2D eigenvalue weighted by molar-refractivity contribution is 0.0971. The maximum absolute atomic E-state index is 13.0. The van der Waals surface area contributed by atoms with E-state index in [1.54, 1.807) is 4.90 Å². The Morgan fingerprint density at radius 3 is 2.76 bits per heavy atom. The molecule has 4 rings (SSSR count). The number of amides is 1. The van der Waals surface area contributed by atoms with Gasteiger partial charge in [0.1, 0.15) is 18.6 Å². The SMILES string of the molecule is CC(C)(C)c1cccc2c1OCCN2C(=O)c1coc(C2CCC2)n1. The fourth-order valence-electron chi connectivity index (χ4n) is 3.42. The highest BCUT2D eigenvalue weighted by Gasteiger charge is 2.32. The molecule has 2 heterocycles. The van der Waals surface area contributed by atoms with E-state index in [2.05, 4.69) is 31.8 Å². The number of nitrogens with zero attached hydrogens (tertiary/aromatic N) is 2. The molecule has 0 radical (unpaired) electrons. The molecule has 0 unspecified atom stereocenters. The summed E-state index contributed by atoms with van der Waals surface area (Å²) in [6, 6.07) is 5.99. The number of rotatable bonds is 2. The van der Waals surface area contributed by atoms with E-state index in [4.69, 9.17) is 9.15 Å². The van der Waals surface area contributed by atoms with Crippen LogP contribution in [-0.4, -0.2) is 24.0 Å². The summed E-state index contributed by atoms with van der Waals surface area (Å²) < 4.78 is 11.5. The smallest absolute Gasteiger partial charge is 0.280 e. The highest BCUT2D eigenvalue weighted by atomic mass is 16.5. The van der Waals surface area contributed by atoms with Crippen molar-refractivity contribution < 1.29 is 13.9 Å². The fraction of sp³-hybridized carbons (Fsp3) is 0.500. The second-order valence-corrected chi connectivity index (χ2v) is 7.91. The highest BCUT2D eigenvalue weighted by molar-refractivity contribution is 6.05. The Kier molecular flexibility index (Phi) is 3.82. The molecule has 1 aromatic carbocycles. The van der Waals surface area contributed by atoms with Gasteiger partial charge in [0.25, 0.3) is 5.91 Å². The van der Waals surface area contributed by atoms with Gasteiger partial charge in [0, 0.05) is 11.5 Å².